The minimum Gasteiger partial charge on any atom is -0.465 e. The molecule has 0 atom stereocenters. The number of benzene rings is 1. The van der Waals surface area contributed by atoms with Gasteiger partial charge in [0.15, 0.2) is 0 Å². The van der Waals surface area contributed by atoms with Crippen molar-refractivity contribution in [1.82, 2.24) is 0 Å². The van der Waals surface area contributed by atoms with E-state index in [1.165, 1.54) is 11.1 Å². The lowest BCUT2D eigenvalue weighted by Gasteiger charge is -2.17. The summed E-state index contributed by atoms with van der Waals surface area (Å²) in [6.07, 6.45) is 4.83. The van der Waals surface area contributed by atoms with Gasteiger partial charge < -0.3 is 4.74 Å². The molecule has 0 fully saturated rings. The molecule has 68 valence electrons. The summed E-state index contributed by atoms with van der Waals surface area (Å²) in [6, 6.07) is 6.38. The van der Waals surface area contributed by atoms with Crippen molar-refractivity contribution in [1.29, 1.82) is 0 Å². The zero-order valence-electron chi connectivity index (χ0n) is 8.08. The minimum absolute atomic E-state index is 0.529. The van der Waals surface area contributed by atoms with Crippen LogP contribution < -0.4 is 4.74 Å². The molecule has 0 aromatic heterocycles. The third-order valence-corrected chi connectivity index (χ3v) is 2.37. The lowest BCUT2D eigenvalue weighted by molar-refractivity contribution is 0.455. The molecule has 2 rings (SSSR count). The molecule has 0 unspecified atom stereocenters. The van der Waals surface area contributed by atoms with E-state index in [-0.39, 0.29) is 0 Å². The Labute approximate surface area is 79.0 Å². The fourth-order valence-electron chi connectivity index (χ4n) is 1.66. The Morgan fingerprint density at radius 1 is 1.31 bits per heavy atom. The maximum absolute atomic E-state index is 5.54. The van der Waals surface area contributed by atoms with Crippen molar-refractivity contribution in [3.05, 3.63) is 41.7 Å². The van der Waals surface area contributed by atoms with Crippen LogP contribution in [0, 0.1) is 0 Å². The molecule has 1 aromatic carbocycles. The van der Waals surface area contributed by atoms with Crippen LogP contribution in [0.4, 0.5) is 0 Å². The van der Waals surface area contributed by atoms with Crippen LogP contribution in [0.3, 0.4) is 0 Å². The van der Waals surface area contributed by atoms with Crippen LogP contribution in [-0.4, -0.2) is 0 Å². The predicted octanol–water partition coefficient (Wildman–Crippen LogP) is 3.26. The second kappa shape index (κ2) is 3.25. The number of fused-ring (bicyclic) bond motifs is 1. The molecule has 1 aliphatic heterocycles. The Bertz CT molecular complexity index is 337. The van der Waals surface area contributed by atoms with Crippen LogP contribution in [0.25, 0.3) is 0 Å². The molecule has 0 saturated carbocycles. The molecule has 0 amide bonds. The monoisotopic (exact) mass is 174 g/mol. The molecule has 0 saturated heterocycles. The van der Waals surface area contributed by atoms with E-state index in [0.29, 0.717) is 5.92 Å². The van der Waals surface area contributed by atoms with E-state index in [2.05, 4.69) is 32.0 Å². The minimum atomic E-state index is 0.529. The highest BCUT2D eigenvalue weighted by atomic mass is 16.5. The average molecular weight is 174 g/mol. The summed E-state index contributed by atoms with van der Waals surface area (Å²) in [5.74, 6) is 1.60. The standard InChI is InChI=1S/C12H14O/c1-9(2)11-7-3-5-10-6-4-8-13-12(10)11/h3-5,7-9H,6H2,1-2H3. The smallest absolute Gasteiger partial charge is 0.133 e. The zero-order valence-corrected chi connectivity index (χ0v) is 8.08. The first-order valence-electron chi connectivity index (χ1n) is 4.72. The summed E-state index contributed by atoms with van der Waals surface area (Å²) < 4.78 is 5.54. The first-order chi connectivity index (χ1) is 6.29. The second-order valence-corrected chi connectivity index (χ2v) is 3.68. The number of hydrogen-bond acceptors (Lipinski definition) is 1. The Hall–Kier alpha value is -1.24. The number of hydrogen-bond donors (Lipinski definition) is 0. The Balaban J connectivity index is 2.49. The summed E-state index contributed by atoms with van der Waals surface area (Å²) in [6.45, 7) is 4.38. The molecule has 0 bridgehead atoms. The van der Waals surface area contributed by atoms with Gasteiger partial charge in [0.25, 0.3) is 0 Å². The summed E-state index contributed by atoms with van der Waals surface area (Å²) in [7, 11) is 0. The summed E-state index contributed by atoms with van der Waals surface area (Å²) in [4.78, 5) is 0. The SMILES string of the molecule is CC(C)c1cccc2c1OC=CC2. The molecule has 0 spiro atoms. The van der Waals surface area contributed by atoms with E-state index >= 15 is 0 Å². The molecular formula is C12H14O. The first-order valence-corrected chi connectivity index (χ1v) is 4.72. The normalized spacial score (nSPS) is 14.1. The van der Waals surface area contributed by atoms with Gasteiger partial charge in [-0.25, -0.2) is 0 Å². The van der Waals surface area contributed by atoms with Gasteiger partial charge in [0, 0.05) is 0 Å². The van der Waals surface area contributed by atoms with Gasteiger partial charge in [0.2, 0.25) is 0 Å². The van der Waals surface area contributed by atoms with Crippen molar-refractivity contribution in [3.63, 3.8) is 0 Å². The maximum Gasteiger partial charge on any atom is 0.133 e. The average Bonchev–Trinajstić information content (AvgIpc) is 2.17. The van der Waals surface area contributed by atoms with Crippen molar-refractivity contribution in [2.45, 2.75) is 26.2 Å². The molecule has 1 heteroatoms. The number of rotatable bonds is 1. The van der Waals surface area contributed by atoms with E-state index < -0.39 is 0 Å². The summed E-state index contributed by atoms with van der Waals surface area (Å²) in [5, 5.41) is 0. The van der Waals surface area contributed by atoms with Crippen molar-refractivity contribution in [3.8, 4) is 5.75 Å². The molecule has 1 aromatic rings. The summed E-state index contributed by atoms with van der Waals surface area (Å²) >= 11 is 0. The van der Waals surface area contributed by atoms with Crippen LogP contribution in [0.5, 0.6) is 5.75 Å². The molecule has 0 N–H and O–H groups in total. The summed E-state index contributed by atoms with van der Waals surface area (Å²) in [5.41, 5.74) is 2.61. The van der Waals surface area contributed by atoms with E-state index in [1.807, 2.05) is 6.08 Å². The van der Waals surface area contributed by atoms with Crippen LogP contribution in [0.2, 0.25) is 0 Å². The zero-order chi connectivity index (χ0) is 9.26. The predicted molar refractivity (Wildman–Crippen MR) is 54.0 cm³/mol. The Kier molecular flexibility index (Phi) is 2.09. The second-order valence-electron chi connectivity index (χ2n) is 3.68. The van der Waals surface area contributed by atoms with Crippen LogP contribution in [0.15, 0.2) is 30.5 Å². The van der Waals surface area contributed by atoms with E-state index in [0.717, 1.165) is 12.2 Å². The largest absolute Gasteiger partial charge is 0.465 e. The van der Waals surface area contributed by atoms with Gasteiger partial charge in [-0.15, -0.1) is 0 Å². The third kappa shape index (κ3) is 1.46. The van der Waals surface area contributed by atoms with Crippen molar-refractivity contribution >= 4 is 0 Å². The van der Waals surface area contributed by atoms with Crippen LogP contribution in [-0.2, 0) is 6.42 Å². The van der Waals surface area contributed by atoms with Gasteiger partial charge in [-0.1, -0.05) is 32.0 Å². The lowest BCUT2D eigenvalue weighted by atomic mass is 9.97. The van der Waals surface area contributed by atoms with Gasteiger partial charge in [0.1, 0.15) is 5.75 Å². The van der Waals surface area contributed by atoms with E-state index in [4.69, 9.17) is 4.74 Å². The fourth-order valence-corrected chi connectivity index (χ4v) is 1.66. The quantitative estimate of drug-likeness (QED) is 0.635. The topological polar surface area (TPSA) is 9.23 Å². The molecule has 1 nitrogen and oxygen atoms in total. The van der Waals surface area contributed by atoms with Gasteiger partial charge in [-0.3, -0.25) is 0 Å². The van der Waals surface area contributed by atoms with E-state index in [1.54, 1.807) is 6.26 Å². The first kappa shape index (κ1) is 8.36. The Morgan fingerprint density at radius 3 is 2.92 bits per heavy atom. The number of allylic oxidation sites excluding steroid dienone is 1. The third-order valence-electron chi connectivity index (χ3n) is 2.37. The van der Waals surface area contributed by atoms with Gasteiger partial charge >= 0.3 is 0 Å². The van der Waals surface area contributed by atoms with Gasteiger partial charge in [-0.2, -0.15) is 0 Å². The van der Waals surface area contributed by atoms with E-state index in [9.17, 15) is 0 Å². The lowest BCUT2D eigenvalue weighted by Crippen LogP contribution is -2.01. The molecule has 0 aliphatic carbocycles. The Morgan fingerprint density at radius 2 is 2.15 bits per heavy atom. The van der Waals surface area contributed by atoms with Crippen molar-refractivity contribution in [2.24, 2.45) is 0 Å². The van der Waals surface area contributed by atoms with Crippen LogP contribution >= 0.6 is 0 Å². The fraction of sp³-hybridized carbons (Fsp3) is 0.333. The highest BCUT2D eigenvalue weighted by Gasteiger charge is 2.13. The molecule has 1 heterocycles. The highest BCUT2D eigenvalue weighted by molar-refractivity contribution is 5.45. The van der Waals surface area contributed by atoms with Gasteiger partial charge in [0.05, 0.1) is 6.26 Å². The van der Waals surface area contributed by atoms with Gasteiger partial charge in [-0.05, 0) is 29.5 Å². The van der Waals surface area contributed by atoms with Crippen molar-refractivity contribution in [2.75, 3.05) is 0 Å². The number of para-hydroxylation sites is 1. The molecule has 1 aliphatic rings. The maximum atomic E-state index is 5.54. The number of ether oxygens (including phenoxy) is 1. The van der Waals surface area contributed by atoms with Crippen molar-refractivity contribution < 1.29 is 4.74 Å². The highest BCUT2D eigenvalue weighted by Crippen LogP contribution is 2.32. The molecule has 0 radical (unpaired) electrons. The molecule has 13 heavy (non-hydrogen) atoms. The molecular weight excluding hydrogens is 160 g/mol. The van der Waals surface area contributed by atoms with Crippen LogP contribution in [0.1, 0.15) is 30.9 Å².